The molecule has 2 atom stereocenters. The van der Waals surface area contributed by atoms with Crippen LogP contribution in [0.1, 0.15) is 58.9 Å². The van der Waals surface area contributed by atoms with Gasteiger partial charge in [0.1, 0.15) is 0 Å². The lowest BCUT2D eigenvalue weighted by atomic mass is 9.84. The molecule has 1 rings (SSSR count). The number of benzene rings is 1. The largest absolute Gasteiger partial charge is 0.311 e. The molecule has 0 heterocycles. The van der Waals surface area contributed by atoms with Crippen molar-refractivity contribution in [2.45, 2.75) is 58.9 Å². The lowest BCUT2D eigenvalue weighted by molar-refractivity contribution is 0.348. The third-order valence-corrected chi connectivity index (χ3v) is 3.51. The molecule has 0 aliphatic carbocycles. The first-order valence-electron chi connectivity index (χ1n) is 7.24. The molecule has 102 valence electrons. The first-order chi connectivity index (χ1) is 8.44. The Morgan fingerprint density at radius 2 is 1.72 bits per heavy atom. The summed E-state index contributed by atoms with van der Waals surface area (Å²) in [5, 5.41) is 3.66. The van der Waals surface area contributed by atoms with E-state index in [4.69, 9.17) is 0 Å². The summed E-state index contributed by atoms with van der Waals surface area (Å²) in [6.45, 7) is 12.4. The molecular weight excluding hydrogens is 218 g/mol. The van der Waals surface area contributed by atoms with Crippen LogP contribution in [0.15, 0.2) is 30.3 Å². The topological polar surface area (TPSA) is 12.0 Å². The molecule has 0 amide bonds. The van der Waals surface area contributed by atoms with Gasteiger partial charge in [0.2, 0.25) is 0 Å². The van der Waals surface area contributed by atoms with Crippen molar-refractivity contribution in [3.8, 4) is 0 Å². The van der Waals surface area contributed by atoms with Gasteiger partial charge in [-0.2, -0.15) is 0 Å². The third kappa shape index (κ3) is 5.22. The zero-order valence-electron chi connectivity index (χ0n) is 12.7. The fourth-order valence-corrected chi connectivity index (χ4v) is 2.42. The van der Waals surface area contributed by atoms with E-state index >= 15 is 0 Å². The average Bonchev–Trinajstić information content (AvgIpc) is 2.29. The molecule has 1 N–H and O–H groups in total. The average molecular weight is 247 g/mol. The molecule has 0 radical (unpaired) electrons. The zero-order valence-corrected chi connectivity index (χ0v) is 12.7. The van der Waals surface area contributed by atoms with E-state index in [1.165, 1.54) is 18.4 Å². The van der Waals surface area contributed by atoms with Crippen molar-refractivity contribution in [1.82, 2.24) is 5.32 Å². The molecule has 1 heteroatoms. The van der Waals surface area contributed by atoms with Gasteiger partial charge in [0, 0.05) is 12.1 Å². The van der Waals surface area contributed by atoms with E-state index in [-0.39, 0.29) is 5.54 Å². The summed E-state index contributed by atoms with van der Waals surface area (Å²) in [5.41, 5.74) is 1.66. The lowest BCUT2D eigenvalue weighted by Gasteiger charge is -2.29. The molecule has 0 fully saturated rings. The van der Waals surface area contributed by atoms with Gasteiger partial charge in [-0.1, -0.05) is 57.0 Å². The fraction of sp³-hybridized carbons (Fsp3) is 0.647. The molecule has 1 nitrogen and oxygen atoms in total. The number of hydrogen-bond acceptors (Lipinski definition) is 1. The minimum atomic E-state index is 0.193. The van der Waals surface area contributed by atoms with E-state index in [2.05, 4.69) is 70.3 Å². The van der Waals surface area contributed by atoms with E-state index in [0.717, 1.165) is 12.5 Å². The van der Waals surface area contributed by atoms with Crippen LogP contribution < -0.4 is 5.32 Å². The van der Waals surface area contributed by atoms with Crippen molar-refractivity contribution >= 4 is 0 Å². The van der Waals surface area contributed by atoms with Crippen LogP contribution in [0.2, 0.25) is 0 Å². The molecule has 0 aliphatic rings. The Morgan fingerprint density at radius 3 is 2.22 bits per heavy atom. The van der Waals surface area contributed by atoms with Crippen molar-refractivity contribution in [1.29, 1.82) is 0 Å². The second kappa shape index (κ2) is 6.94. The van der Waals surface area contributed by atoms with Crippen LogP contribution in [0, 0.1) is 5.92 Å². The van der Waals surface area contributed by atoms with E-state index < -0.39 is 0 Å². The predicted octanol–water partition coefficient (Wildman–Crippen LogP) is 4.59. The predicted molar refractivity (Wildman–Crippen MR) is 81.0 cm³/mol. The lowest BCUT2D eigenvalue weighted by Crippen LogP contribution is -2.39. The van der Waals surface area contributed by atoms with Crippen molar-refractivity contribution in [3.05, 3.63) is 35.9 Å². The Balaban J connectivity index is 2.76. The van der Waals surface area contributed by atoms with Crippen LogP contribution >= 0.6 is 0 Å². The van der Waals surface area contributed by atoms with E-state index in [1.54, 1.807) is 0 Å². The number of hydrogen-bond donors (Lipinski definition) is 1. The minimum Gasteiger partial charge on any atom is -0.311 e. The maximum Gasteiger partial charge on any atom is 0.00967 e. The zero-order chi connectivity index (χ0) is 13.6. The maximum atomic E-state index is 3.66. The van der Waals surface area contributed by atoms with Crippen LogP contribution in [0.4, 0.5) is 0 Å². The summed E-state index contributed by atoms with van der Waals surface area (Å²) in [6.07, 6.45) is 2.56. The summed E-state index contributed by atoms with van der Waals surface area (Å²) >= 11 is 0. The standard InChI is InChI=1S/C17H29N/c1-6-10-14(2)16(13-18-17(3,4)5)15-11-8-7-9-12-15/h7-9,11-12,14,16,18H,6,10,13H2,1-5H3. The molecule has 0 saturated carbocycles. The summed E-state index contributed by atoms with van der Waals surface area (Å²) in [6, 6.07) is 10.9. The summed E-state index contributed by atoms with van der Waals surface area (Å²) in [7, 11) is 0. The second-order valence-corrected chi connectivity index (χ2v) is 6.41. The van der Waals surface area contributed by atoms with Crippen LogP contribution in [0.5, 0.6) is 0 Å². The van der Waals surface area contributed by atoms with E-state index in [9.17, 15) is 0 Å². The first kappa shape index (κ1) is 15.2. The first-order valence-corrected chi connectivity index (χ1v) is 7.24. The van der Waals surface area contributed by atoms with Crippen LogP contribution in [-0.2, 0) is 0 Å². The Kier molecular flexibility index (Phi) is 5.87. The Bertz CT molecular complexity index is 323. The van der Waals surface area contributed by atoms with Crippen LogP contribution in [-0.4, -0.2) is 12.1 Å². The highest BCUT2D eigenvalue weighted by atomic mass is 14.9. The van der Waals surface area contributed by atoms with Gasteiger partial charge in [0.15, 0.2) is 0 Å². The molecule has 0 saturated heterocycles. The van der Waals surface area contributed by atoms with Gasteiger partial charge >= 0.3 is 0 Å². The molecule has 18 heavy (non-hydrogen) atoms. The molecule has 0 aliphatic heterocycles. The summed E-state index contributed by atoms with van der Waals surface area (Å²) < 4.78 is 0. The number of rotatable bonds is 6. The van der Waals surface area contributed by atoms with Gasteiger partial charge in [-0.05, 0) is 38.2 Å². The van der Waals surface area contributed by atoms with Crippen molar-refractivity contribution < 1.29 is 0 Å². The molecule has 0 spiro atoms. The molecule has 0 aromatic heterocycles. The van der Waals surface area contributed by atoms with Gasteiger partial charge in [-0.3, -0.25) is 0 Å². The highest BCUT2D eigenvalue weighted by Gasteiger charge is 2.20. The van der Waals surface area contributed by atoms with Gasteiger partial charge < -0.3 is 5.32 Å². The second-order valence-electron chi connectivity index (χ2n) is 6.41. The van der Waals surface area contributed by atoms with Gasteiger partial charge in [0.05, 0.1) is 0 Å². The van der Waals surface area contributed by atoms with E-state index in [1.807, 2.05) is 0 Å². The van der Waals surface area contributed by atoms with Crippen LogP contribution in [0.3, 0.4) is 0 Å². The quantitative estimate of drug-likeness (QED) is 0.775. The van der Waals surface area contributed by atoms with E-state index in [0.29, 0.717) is 5.92 Å². The third-order valence-electron chi connectivity index (χ3n) is 3.51. The van der Waals surface area contributed by atoms with Gasteiger partial charge in [-0.15, -0.1) is 0 Å². The van der Waals surface area contributed by atoms with Crippen molar-refractivity contribution in [2.24, 2.45) is 5.92 Å². The maximum absolute atomic E-state index is 3.66. The van der Waals surface area contributed by atoms with Crippen LogP contribution in [0.25, 0.3) is 0 Å². The Labute approximate surface area is 113 Å². The normalized spacial score (nSPS) is 15.4. The highest BCUT2D eigenvalue weighted by molar-refractivity contribution is 5.20. The molecule has 1 aromatic carbocycles. The van der Waals surface area contributed by atoms with Crippen molar-refractivity contribution in [2.75, 3.05) is 6.54 Å². The SMILES string of the molecule is CCCC(C)C(CNC(C)(C)C)c1ccccc1. The molecule has 1 aromatic rings. The molecule has 0 bridgehead atoms. The van der Waals surface area contributed by atoms with Crippen molar-refractivity contribution in [3.63, 3.8) is 0 Å². The summed E-state index contributed by atoms with van der Waals surface area (Å²) in [5.74, 6) is 1.35. The minimum absolute atomic E-state index is 0.193. The highest BCUT2D eigenvalue weighted by Crippen LogP contribution is 2.27. The number of nitrogens with one attached hydrogen (secondary N) is 1. The fourth-order valence-electron chi connectivity index (χ4n) is 2.42. The van der Waals surface area contributed by atoms with Gasteiger partial charge in [0.25, 0.3) is 0 Å². The smallest absolute Gasteiger partial charge is 0.00967 e. The Morgan fingerprint density at radius 1 is 1.11 bits per heavy atom. The summed E-state index contributed by atoms with van der Waals surface area (Å²) in [4.78, 5) is 0. The molecular formula is C17H29N. The molecule has 2 unspecified atom stereocenters. The van der Waals surface area contributed by atoms with Gasteiger partial charge in [-0.25, -0.2) is 0 Å². The monoisotopic (exact) mass is 247 g/mol. The Hall–Kier alpha value is -0.820.